The Labute approximate surface area is 120 Å². The summed E-state index contributed by atoms with van der Waals surface area (Å²) in [5, 5.41) is 19.9. The predicted octanol–water partition coefficient (Wildman–Crippen LogP) is 2.95. The number of carboxylic acid groups (broad SMARTS) is 1. The van der Waals surface area contributed by atoms with Gasteiger partial charge in [-0.3, -0.25) is 14.9 Å². The smallest absolute Gasteiger partial charge is 0.303 e. The molecule has 0 unspecified atom stereocenters. The Kier molecular flexibility index (Phi) is 4.17. The Balaban J connectivity index is 2.09. The summed E-state index contributed by atoms with van der Waals surface area (Å²) in [5.74, 6) is 0.215. The van der Waals surface area contributed by atoms with E-state index in [-0.39, 0.29) is 17.5 Å². The third kappa shape index (κ3) is 3.41. The summed E-state index contributed by atoms with van der Waals surface area (Å²) in [6.07, 6.45) is 1.87. The summed E-state index contributed by atoms with van der Waals surface area (Å²) in [4.78, 5) is 21.9. The van der Waals surface area contributed by atoms with Gasteiger partial charge in [0.05, 0.1) is 29.4 Å². The largest absolute Gasteiger partial charge is 0.497 e. The number of carbonyl (C=O) groups is 1. The Bertz CT molecular complexity index is 542. The summed E-state index contributed by atoms with van der Waals surface area (Å²) in [7, 11) is 1.46. The van der Waals surface area contributed by atoms with Gasteiger partial charge in [0.1, 0.15) is 5.75 Å². The summed E-state index contributed by atoms with van der Waals surface area (Å²) < 4.78 is 4.98. The molecule has 0 radical (unpaired) electrons. The second-order valence-electron chi connectivity index (χ2n) is 4.95. The van der Waals surface area contributed by atoms with Crippen molar-refractivity contribution < 1.29 is 19.6 Å². The van der Waals surface area contributed by atoms with Crippen molar-refractivity contribution in [2.75, 3.05) is 12.9 Å². The van der Waals surface area contributed by atoms with Gasteiger partial charge in [0.25, 0.3) is 5.69 Å². The van der Waals surface area contributed by atoms with E-state index in [1.165, 1.54) is 24.9 Å². The molecule has 0 bridgehead atoms. The predicted molar refractivity (Wildman–Crippen MR) is 74.3 cm³/mol. The number of ether oxygens (including phenoxy) is 1. The molecule has 1 aromatic carbocycles. The molecule has 0 saturated heterocycles. The minimum atomic E-state index is -0.813. The summed E-state index contributed by atoms with van der Waals surface area (Å²) in [6.45, 7) is 0. The third-order valence-corrected chi connectivity index (χ3v) is 4.79. The van der Waals surface area contributed by atoms with Crippen LogP contribution in [0.1, 0.15) is 19.3 Å². The zero-order valence-corrected chi connectivity index (χ0v) is 11.8. The molecule has 1 N–H and O–H groups in total. The van der Waals surface area contributed by atoms with Crippen LogP contribution in [0.2, 0.25) is 0 Å². The number of rotatable bonds is 7. The van der Waals surface area contributed by atoms with Gasteiger partial charge in [0, 0.05) is 5.75 Å². The van der Waals surface area contributed by atoms with Crippen molar-refractivity contribution in [2.45, 2.75) is 24.2 Å². The molecule has 0 amide bonds. The number of nitrogens with zero attached hydrogens (tertiary/aromatic N) is 1. The fourth-order valence-electron chi connectivity index (χ4n) is 1.99. The molecule has 20 heavy (non-hydrogen) atoms. The van der Waals surface area contributed by atoms with E-state index < -0.39 is 10.9 Å². The minimum Gasteiger partial charge on any atom is -0.497 e. The molecule has 108 valence electrons. The molecule has 0 spiro atoms. The molecule has 7 heteroatoms. The van der Waals surface area contributed by atoms with Crippen molar-refractivity contribution in [3.8, 4) is 5.75 Å². The van der Waals surface area contributed by atoms with Crippen LogP contribution in [0, 0.1) is 15.5 Å². The molecule has 1 aliphatic carbocycles. The van der Waals surface area contributed by atoms with E-state index in [0.29, 0.717) is 16.4 Å². The molecule has 1 aliphatic rings. The number of hydrogen-bond acceptors (Lipinski definition) is 5. The normalized spacial score (nSPS) is 15.7. The van der Waals surface area contributed by atoms with Crippen LogP contribution in [-0.4, -0.2) is 28.9 Å². The molecular formula is C13H15NO5S. The van der Waals surface area contributed by atoms with E-state index >= 15 is 0 Å². The van der Waals surface area contributed by atoms with Gasteiger partial charge < -0.3 is 9.84 Å². The van der Waals surface area contributed by atoms with Crippen molar-refractivity contribution in [3.63, 3.8) is 0 Å². The molecule has 0 heterocycles. The van der Waals surface area contributed by atoms with Crippen molar-refractivity contribution in [2.24, 2.45) is 5.41 Å². The molecule has 1 aromatic rings. The van der Waals surface area contributed by atoms with E-state index in [9.17, 15) is 14.9 Å². The zero-order chi connectivity index (χ0) is 14.8. The standard InChI is InChI=1S/C13H15NO5S/c1-19-9-2-3-11(10(6-9)14(17)18)20-8-13(4-5-13)7-12(15)16/h2-3,6H,4-5,7-8H2,1H3,(H,15,16). The highest BCUT2D eigenvalue weighted by molar-refractivity contribution is 7.99. The van der Waals surface area contributed by atoms with Gasteiger partial charge >= 0.3 is 5.97 Å². The maximum atomic E-state index is 11.1. The Morgan fingerprint density at radius 3 is 2.75 bits per heavy atom. The maximum Gasteiger partial charge on any atom is 0.303 e. The van der Waals surface area contributed by atoms with Gasteiger partial charge in [-0.05, 0) is 30.4 Å². The number of methoxy groups -OCH3 is 1. The third-order valence-electron chi connectivity index (χ3n) is 3.38. The Hall–Kier alpha value is -1.76. The van der Waals surface area contributed by atoms with Crippen molar-refractivity contribution in [1.29, 1.82) is 0 Å². The average Bonchev–Trinajstić information content (AvgIpc) is 3.15. The van der Waals surface area contributed by atoms with E-state index in [1.807, 2.05) is 0 Å². The lowest BCUT2D eigenvalue weighted by Crippen LogP contribution is -2.11. The fraction of sp³-hybridized carbons (Fsp3) is 0.462. The molecule has 1 saturated carbocycles. The molecule has 0 aromatic heterocycles. The summed E-state index contributed by atoms with van der Waals surface area (Å²) in [6, 6.07) is 4.71. The maximum absolute atomic E-state index is 11.1. The highest BCUT2D eigenvalue weighted by Gasteiger charge is 2.44. The Morgan fingerprint density at radius 2 is 2.25 bits per heavy atom. The first-order chi connectivity index (χ1) is 9.46. The first kappa shape index (κ1) is 14.6. The number of hydrogen-bond donors (Lipinski definition) is 1. The second-order valence-corrected chi connectivity index (χ2v) is 5.97. The topological polar surface area (TPSA) is 89.7 Å². The monoisotopic (exact) mass is 297 g/mol. The molecule has 0 aliphatic heterocycles. The number of thioether (sulfide) groups is 1. The number of aliphatic carboxylic acids is 1. The quantitative estimate of drug-likeness (QED) is 0.473. The lowest BCUT2D eigenvalue weighted by molar-refractivity contribution is -0.387. The van der Waals surface area contributed by atoms with Gasteiger partial charge in [0.15, 0.2) is 0 Å². The average molecular weight is 297 g/mol. The lowest BCUT2D eigenvalue weighted by atomic mass is 10.1. The van der Waals surface area contributed by atoms with Crippen molar-refractivity contribution in [3.05, 3.63) is 28.3 Å². The van der Waals surface area contributed by atoms with Gasteiger partial charge in [-0.1, -0.05) is 0 Å². The van der Waals surface area contributed by atoms with Crippen LogP contribution < -0.4 is 4.74 Å². The Morgan fingerprint density at radius 1 is 1.55 bits per heavy atom. The van der Waals surface area contributed by atoms with Crippen LogP contribution in [0.4, 0.5) is 5.69 Å². The van der Waals surface area contributed by atoms with E-state index in [4.69, 9.17) is 9.84 Å². The van der Waals surface area contributed by atoms with E-state index in [0.717, 1.165) is 12.8 Å². The first-order valence-corrected chi connectivity index (χ1v) is 7.11. The highest BCUT2D eigenvalue weighted by atomic mass is 32.2. The molecule has 0 atom stereocenters. The van der Waals surface area contributed by atoms with Gasteiger partial charge in [-0.25, -0.2) is 0 Å². The number of nitro benzene ring substituents is 1. The van der Waals surface area contributed by atoms with Crippen LogP contribution in [-0.2, 0) is 4.79 Å². The molecular weight excluding hydrogens is 282 g/mol. The van der Waals surface area contributed by atoms with Gasteiger partial charge in [-0.2, -0.15) is 0 Å². The van der Waals surface area contributed by atoms with Gasteiger partial charge in [0.2, 0.25) is 0 Å². The number of nitro groups is 1. The molecule has 1 fully saturated rings. The van der Waals surface area contributed by atoms with Gasteiger partial charge in [-0.15, -0.1) is 11.8 Å². The zero-order valence-electron chi connectivity index (χ0n) is 11.0. The number of benzene rings is 1. The highest BCUT2D eigenvalue weighted by Crippen LogP contribution is 2.52. The fourth-order valence-corrected chi connectivity index (χ4v) is 3.29. The van der Waals surface area contributed by atoms with E-state index in [1.54, 1.807) is 12.1 Å². The summed E-state index contributed by atoms with van der Waals surface area (Å²) >= 11 is 1.35. The SMILES string of the molecule is COc1ccc(SCC2(CC(=O)O)CC2)c([N+](=O)[O-])c1. The minimum absolute atomic E-state index is 0.000440. The lowest BCUT2D eigenvalue weighted by Gasteiger charge is -2.12. The van der Waals surface area contributed by atoms with Crippen molar-refractivity contribution in [1.82, 2.24) is 0 Å². The van der Waals surface area contributed by atoms with Crippen LogP contribution in [0.15, 0.2) is 23.1 Å². The van der Waals surface area contributed by atoms with Crippen LogP contribution in [0.5, 0.6) is 5.75 Å². The molecule has 2 rings (SSSR count). The van der Waals surface area contributed by atoms with E-state index in [2.05, 4.69) is 0 Å². The van der Waals surface area contributed by atoms with Crippen LogP contribution in [0.25, 0.3) is 0 Å². The van der Waals surface area contributed by atoms with Crippen molar-refractivity contribution >= 4 is 23.4 Å². The molecule has 6 nitrogen and oxygen atoms in total. The number of carboxylic acids is 1. The second kappa shape index (κ2) is 5.70. The first-order valence-electron chi connectivity index (χ1n) is 6.13. The summed E-state index contributed by atoms with van der Waals surface area (Å²) in [5.41, 5.74) is -0.190. The van der Waals surface area contributed by atoms with Crippen LogP contribution in [0.3, 0.4) is 0 Å². The van der Waals surface area contributed by atoms with Crippen LogP contribution >= 0.6 is 11.8 Å².